The fourth-order valence-corrected chi connectivity index (χ4v) is 1.96. The number of nitrogens with two attached hydrogens (primary N) is 1. The van der Waals surface area contributed by atoms with Gasteiger partial charge in [-0.15, -0.1) is 0 Å². The maximum atomic E-state index is 6.11. The molecule has 0 amide bonds. The van der Waals surface area contributed by atoms with Gasteiger partial charge in [-0.2, -0.15) is 0 Å². The van der Waals surface area contributed by atoms with E-state index < -0.39 is 0 Å². The normalized spacial score (nSPS) is 16.1. The molecule has 2 rings (SSSR count). The van der Waals surface area contributed by atoms with Crippen LogP contribution in [0.4, 0.5) is 5.82 Å². The van der Waals surface area contributed by atoms with E-state index in [1.165, 1.54) is 18.7 Å². The van der Waals surface area contributed by atoms with Crippen LogP contribution >= 0.6 is 0 Å². The lowest BCUT2D eigenvalue weighted by Crippen LogP contribution is -2.04. The van der Waals surface area contributed by atoms with Crippen LogP contribution in [0.1, 0.15) is 50.7 Å². The molecule has 0 spiro atoms. The molecule has 3 heteroatoms. The van der Waals surface area contributed by atoms with Gasteiger partial charge in [0.2, 0.25) is 0 Å². The van der Waals surface area contributed by atoms with E-state index in [2.05, 4.69) is 23.4 Å². The Morgan fingerprint density at radius 1 is 1.43 bits per heavy atom. The predicted molar refractivity (Wildman–Crippen MR) is 58.3 cm³/mol. The molecule has 1 aliphatic rings. The molecule has 0 radical (unpaired) electrons. The van der Waals surface area contributed by atoms with Crippen molar-refractivity contribution in [2.45, 2.75) is 52.0 Å². The number of hydrogen-bond acceptors (Lipinski definition) is 2. The molecule has 0 unspecified atom stereocenters. The van der Waals surface area contributed by atoms with Crippen molar-refractivity contribution < 1.29 is 0 Å². The minimum atomic E-state index is 0.656. The summed E-state index contributed by atoms with van der Waals surface area (Å²) in [6, 6.07) is 0.656. The second-order valence-corrected chi connectivity index (χ2v) is 4.06. The van der Waals surface area contributed by atoms with Gasteiger partial charge in [-0.3, -0.25) is 0 Å². The van der Waals surface area contributed by atoms with E-state index in [0.717, 1.165) is 30.8 Å². The van der Waals surface area contributed by atoms with Gasteiger partial charge < -0.3 is 10.3 Å². The number of aryl methyl sites for hydroxylation is 2. The van der Waals surface area contributed by atoms with Crippen molar-refractivity contribution in [1.29, 1.82) is 0 Å². The van der Waals surface area contributed by atoms with Gasteiger partial charge in [0.1, 0.15) is 11.6 Å². The van der Waals surface area contributed by atoms with Crippen LogP contribution in [0, 0.1) is 0 Å². The monoisotopic (exact) mass is 193 g/mol. The number of imidazole rings is 1. The fraction of sp³-hybridized carbons (Fsp3) is 0.727. The van der Waals surface area contributed by atoms with E-state index in [9.17, 15) is 0 Å². The number of nitrogen functional groups attached to an aromatic ring is 1. The lowest BCUT2D eigenvalue weighted by Gasteiger charge is -2.06. The summed E-state index contributed by atoms with van der Waals surface area (Å²) in [6.07, 6.45) is 5.68. The van der Waals surface area contributed by atoms with Crippen molar-refractivity contribution in [3.8, 4) is 0 Å². The number of anilines is 1. The summed E-state index contributed by atoms with van der Waals surface area (Å²) >= 11 is 0. The van der Waals surface area contributed by atoms with Gasteiger partial charge in [0.25, 0.3) is 0 Å². The first kappa shape index (κ1) is 9.56. The number of nitrogens with zero attached hydrogens (tertiary/aromatic N) is 2. The second kappa shape index (κ2) is 3.64. The molecule has 1 aliphatic carbocycles. The number of rotatable bonds is 4. The molecule has 1 fully saturated rings. The highest BCUT2D eigenvalue weighted by Gasteiger charge is 2.28. The van der Waals surface area contributed by atoms with Crippen LogP contribution in [0.25, 0.3) is 0 Å². The Bertz CT molecular complexity index is 324. The smallest absolute Gasteiger partial charge is 0.127 e. The molecule has 1 saturated carbocycles. The maximum absolute atomic E-state index is 6.11. The average molecular weight is 193 g/mol. The molecular weight excluding hydrogens is 174 g/mol. The third kappa shape index (κ3) is 1.51. The van der Waals surface area contributed by atoms with Crippen molar-refractivity contribution in [3.63, 3.8) is 0 Å². The zero-order valence-electron chi connectivity index (χ0n) is 9.08. The Balaban J connectivity index is 2.34. The van der Waals surface area contributed by atoms with Crippen LogP contribution in [0.3, 0.4) is 0 Å². The molecule has 1 aromatic rings. The minimum absolute atomic E-state index is 0.656. The van der Waals surface area contributed by atoms with Gasteiger partial charge in [-0.05, 0) is 19.3 Å². The van der Waals surface area contributed by atoms with E-state index in [1.807, 2.05) is 0 Å². The first-order valence-electron chi connectivity index (χ1n) is 5.63. The lowest BCUT2D eigenvalue weighted by atomic mass is 10.2. The Labute approximate surface area is 85.3 Å². The molecule has 3 nitrogen and oxygen atoms in total. The zero-order chi connectivity index (χ0) is 10.1. The molecule has 1 heterocycles. The van der Waals surface area contributed by atoms with E-state index >= 15 is 0 Å². The Hall–Kier alpha value is -0.990. The topological polar surface area (TPSA) is 43.8 Å². The Kier molecular flexibility index (Phi) is 2.48. The largest absolute Gasteiger partial charge is 0.384 e. The van der Waals surface area contributed by atoms with Crippen molar-refractivity contribution >= 4 is 5.82 Å². The van der Waals surface area contributed by atoms with E-state index in [1.54, 1.807) is 0 Å². The quantitative estimate of drug-likeness (QED) is 0.797. The number of aromatic nitrogens is 2. The van der Waals surface area contributed by atoms with Crippen LogP contribution in [0.5, 0.6) is 0 Å². The molecule has 0 aromatic carbocycles. The van der Waals surface area contributed by atoms with E-state index in [4.69, 9.17) is 5.73 Å². The van der Waals surface area contributed by atoms with Crippen molar-refractivity contribution in [3.05, 3.63) is 11.5 Å². The van der Waals surface area contributed by atoms with Crippen molar-refractivity contribution in [2.75, 3.05) is 5.73 Å². The summed E-state index contributed by atoms with van der Waals surface area (Å²) < 4.78 is 2.25. The highest BCUT2D eigenvalue weighted by Crippen LogP contribution is 2.39. The molecular formula is C11H19N3. The van der Waals surface area contributed by atoms with Crippen LogP contribution in [0.2, 0.25) is 0 Å². The van der Waals surface area contributed by atoms with Crippen LogP contribution in [0.15, 0.2) is 0 Å². The van der Waals surface area contributed by atoms with Gasteiger partial charge in [-0.25, -0.2) is 4.98 Å². The Morgan fingerprint density at radius 3 is 2.64 bits per heavy atom. The van der Waals surface area contributed by atoms with Crippen LogP contribution in [-0.4, -0.2) is 9.55 Å². The van der Waals surface area contributed by atoms with Crippen LogP contribution < -0.4 is 5.73 Å². The van der Waals surface area contributed by atoms with Crippen LogP contribution in [-0.2, 0) is 12.8 Å². The minimum Gasteiger partial charge on any atom is -0.384 e. The molecule has 0 bridgehead atoms. The summed E-state index contributed by atoms with van der Waals surface area (Å²) in [6.45, 7) is 4.32. The molecule has 2 N–H and O–H groups in total. The standard InChI is InChI=1S/C11H19N3/c1-3-5-9-11(12)14(8-6-7-8)10(4-2)13-9/h8H,3-7,12H2,1-2H3. The van der Waals surface area contributed by atoms with Crippen molar-refractivity contribution in [2.24, 2.45) is 0 Å². The molecule has 0 aliphatic heterocycles. The van der Waals surface area contributed by atoms with Crippen molar-refractivity contribution in [1.82, 2.24) is 9.55 Å². The summed E-state index contributed by atoms with van der Waals surface area (Å²) in [7, 11) is 0. The molecule has 14 heavy (non-hydrogen) atoms. The summed E-state index contributed by atoms with van der Waals surface area (Å²) in [5.41, 5.74) is 7.21. The average Bonchev–Trinajstić information content (AvgIpc) is 2.95. The van der Waals surface area contributed by atoms with Gasteiger partial charge in [0.15, 0.2) is 0 Å². The first-order chi connectivity index (χ1) is 6.77. The Morgan fingerprint density at radius 2 is 2.14 bits per heavy atom. The summed E-state index contributed by atoms with van der Waals surface area (Å²) in [5, 5.41) is 0. The molecule has 1 aromatic heterocycles. The summed E-state index contributed by atoms with van der Waals surface area (Å²) in [5.74, 6) is 2.10. The predicted octanol–water partition coefficient (Wildman–Crippen LogP) is 2.32. The van der Waals surface area contributed by atoms with E-state index in [0.29, 0.717) is 6.04 Å². The second-order valence-electron chi connectivity index (χ2n) is 4.06. The lowest BCUT2D eigenvalue weighted by molar-refractivity contribution is 0.696. The number of hydrogen-bond donors (Lipinski definition) is 1. The fourth-order valence-electron chi connectivity index (χ4n) is 1.96. The van der Waals surface area contributed by atoms with Gasteiger partial charge in [-0.1, -0.05) is 20.3 Å². The maximum Gasteiger partial charge on any atom is 0.127 e. The highest BCUT2D eigenvalue weighted by atomic mass is 15.2. The van der Waals surface area contributed by atoms with Gasteiger partial charge >= 0.3 is 0 Å². The molecule has 0 saturated heterocycles. The highest BCUT2D eigenvalue weighted by molar-refractivity contribution is 5.39. The molecule has 0 atom stereocenters. The van der Waals surface area contributed by atoms with Gasteiger partial charge in [0.05, 0.1) is 5.69 Å². The third-order valence-electron chi connectivity index (χ3n) is 2.81. The van der Waals surface area contributed by atoms with E-state index in [-0.39, 0.29) is 0 Å². The molecule has 78 valence electrons. The SMILES string of the molecule is CCCc1nc(CC)n(C2CC2)c1N. The summed E-state index contributed by atoms with van der Waals surface area (Å²) in [4.78, 5) is 4.62. The van der Waals surface area contributed by atoms with Gasteiger partial charge in [0, 0.05) is 12.5 Å². The zero-order valence-corrected chi connectivity index (χ0v) is 9.08. The first-order valence-corrected chi connectivity index (χ1v) is 5.63. The third-order valence-corrected chi connectivity index (χ3v) is 2.81.